The molecule has 1 aromatic carbocycles. The molecule has 0 saturated heterocycles. The quantitative estimate of drug-likeness (QED) is 0.418. The molecule has 0 unspecified atom stereocenters. The molecule has 0 spiro atoms. The number of carbonyl (C=O) groups excluding carboxylic acids is 2. The molecule has 0 radical (unpaired) electrons. The summed E-state index contributed by atoms with van der Waals surface area (Å²) in [6.45, 7) is 2.00. The van der Waals surface area contributed by atoms with Crippen molar-refractivity contribution in [3.63, 3.8) is 0 Å². The zero-order valence-corrected chi connectivity index (χ0v) is 18.5. The van der Waals surface area contributed by atoms with Crippen molar-refractivity contribution >= 4 is 55.4 Å². The summed E-state index contributed by atoms with van der Waals surface area (Å²) in [5.74, 6) is -0.949. The van der Waals surface area contributed by atoms with E-state index in [-0.39, 0.29) is 5.91 Å². The number of aromatic nitrogens is 1. The second-order valence-electron chi connectivity index (χ2n) is 7.68. The average molecular weight is 449 g/mol. The SMILES string of the molecule is Cc1ccc(-c2csc(NC(=O)c3sc4nc5c(cc4c3N)CCC5)c2C(N)=O)cc1. The van der Waals surface area contributed by atoms with Crippen LogP contribution in [-0.4, -0.2) is 16.8 Å². The first kappa shape index (κ1) is 19.7. The number of benzene rings is 1. The first-order chi connectivity index (χ1) is 14.9. The Morgan fingerprint density at radius 1 is 1.16 bits per heavy atom. The van der Waals surface area contributed by atoms with E-state index in [9.17, 15) is 9.59 Å². The maximum Gasteiger partial charge on any atom is 0.268 e. The van der Waals surface area contributed by atoms with Gasteiger partial charge in [0, 0.05) is 22.0 Å². The molecular weight excluding hydrogens is 428 g/mol. The average Bonchev–Trinajstić information content (AvgIpc) is 3.44. The van der Waals surface area contributed by atoms with E-state index in [1.807, 2.05) is 36.6 Å². The van der Waals surface area contributed by atoms with Gasteiger partial charge in [0.2, 0.25) is 0 Å². The summed E-state index contributed by atoms with van der Waals surface area (Å²) >= 11 is 2.55. The molecule has 2 amide bonds. The zero-order valence-electron chi connectivity index (χ0n) is 16.8. The Labute approximate surface area is 186 Å². The Morgan fingerprint density at radius 2 is 1.94 bits per heavy atom. The number of hydrogen-bond donors (Lipinski definition) is 3. The van der Waals surface area contributed by atoms with Gasteiger partial charge in [0.05, 0.1) is 11.3 Å². The van der Waals surface area contributed by atoms with Crippen LogP contribution >= 0.6 is 22.7 Å². The number of rotatable bonds is 4. The number of thiophene rings is 2. The number of primary amides is 1. The van der Waals surface area contributed by atoms with Gasteiger partial charge in [-0.15, -0.1) is 22.7 Å². The number of aryl methyl sites for hydroxylation is 3. The molecule has 156 valence electrons. The van der Waals surface area contributed by atoms with E-state index in [1.165, 1.54) is 28.2 Å². The number of nitrogens with two attached hydrogens (primary N) is 2. The van der Waals surface area contributed by atoms with Crippen LogP contribution in [0.1, 0.15) is 43.3 Å². The van der Waals surface area contributed by atoms with Gasteiger partial charge in [-0.25, -0.2) is 4.98 Å². The fraction of sp³-hybridized carbons (Fsp3) is 0.174. The molecule has 0 atom stereocenters. The lowest BCUT2D eigenvalue weighted by Crippen LogP contribution is -2.17. The van der Waals surface area contributed by atoms with Crippen molar-refractivity contribution in [3.8, 4) is 11.1 Å². The van der Waals surface area contributed by atoms with E-state index >= 15 is 0 Å². The molecule has 0 fully saturated rings. The molecule has 0 saturated carbocycles. The number of carbonyl (C=O) groups is 2. The van der Waals surface area contributed by atoms with Gasteiger partial charge in [0.15, 0.2) is 0 Å². The van der Waals surface area contributed by atoms with Gasteiger partial charge >= 0.3 is 0 Å². The van der Waals surface area contributed by atoms with Gasteiger partial charge in [0.25, 0.3) is 11.8 Å². The van der Waals surface area contributed by atoms with Gasteiger partial charge in [-0.05, 0) is 43.4 Å². The molecule has 1 aliphatic rings. The van der Waals surface area contributed by atoms with Crippen molar-refractivity contribution < 1.29 is 9.59 Å². The van der Waals surface area contributed by atoms with E-state index in [0.717, 1.165) is 46.3 Å². The third kappa shape index (κ3) is 3.37. The summed E-state index contributed by atoms with van der Waals surface area (Å²) in [5, 5.41) is 5.92. The predicted octanol–water partition coefficient (Wildman–Crippen LogP) is 4.76. The summed E-state index contributed by atoms with van der Waals surface area (Å²) in [5.41, 5.74) is 17.7. The molecule has 31 heavy (non-hydrogen) atoms. The predicted molar refractivity (Wildman–Crippen MR) is 127 cm³/mol. The van der Waals surface area contributed by atoms with E-state index in [1.54, 1.807) is 0 Å². The first-order valence-electron chi connectivity index (χ1n) is 9.93. The zero-order chi connectivity index (χ0) is 21.7. The van der Waals surface area contributed by atoms with E-state index in [0.29, 0.717) is 26.7 Å². The number of fused-ring (bicyclic) bond motifs is 2. The second kappa shape index (κ2) is 7.47. The minimum Gasteiger partial charge on any atom is -0.397 e. The molecule has 6 nitrogen and oxygen atoms in total. The third-order valence-electron chi connectivity index (χ3n) is 5.58. The Kier molecular flexibility index (Phi) is 4.75. The van der Waals surface area contributed by atoms with Crippen molar-refractivity contribution in [2.75, 3.05) is 11.1 Å². The van der Waals surface area contributed by atoms with Gasteiger partial charge in [0.1, 0.15) is 14.7 Å². The highest BCUT2D eigenvalue weighted by atomic mass is 32.1. The molecule has 3 aromatic heterocycles. The maximum atomic E-state index is 13.1. The van der Waals surface area contributed by atoms with Crippen LogP contribution in [0.15, 0.2) is 35.7 Å². The summed E-state index contributed by atoms with van der Waals surface area (Å²) in [6.07, 6.45) is 3.06. The van der Waals surface area contributed by atoms with E-state index in [4.69, 9.17) is 16.5 Å². The van der Waals surface area contributed by atoms with Gasteiger partial charge < -0.3 is 16.8 Å². The molecule has 5 rings (SSSR count). The summed E-state index contributed by atoms with van der Waals surface area (Å²) in [7, 11) is 0. The van der Waals surface area contributed by atoms with E-state index in [2.05, 4.69) is 11.4 Å². The number of anilines is 2. The first-order valence-corrected chi connectivity index (χ1v) is 11.6. The summed E-state index contributed by atoms with van der Waals surface area (Å²) in [6, 6.07) is 9.87. The normalized spacial score (nSPS) is 12.8. The number of nitrogen functional groups attached to an aromatic ring is 1. The van der Waals surface area contributed by atoms with E-state index < -0.39 is 5.91 Å². The summed E-state index contributed by atoms with van der Waals surface area (Å²) in [4.78, 5) is 31.2. The van der Waals surface area contributed by atoms with Crippen molar-refractivity contribution in [2.45, 2.75) is 26.2 Å². The van der Waals surface area contributed by atoms with Crippen LogP contribution < -0.4 is 16.8 Å². The summed E-state index contributed by atoms with van der Waals surface area (Å²) < 4.78 is 0. The minimum atomic E-state index is -0.588. The van der Waals surface area contributed by atoms with Crippen LogP contribution in [0.2, 0.25) is 0 Å². The van der Waals surface area contributed by atoms with Crippen molar-refractivity contribution in [1.82, 2.24) is 4.98 Å². The number of nitrogens with one attached hydrogen (secondary N) is 1. The lowest BCUT2D eigenvalue weighted by Gasteiger charge is -2.06. The van der Waals surface area contributed by atoms with Crippen LogP contribution in [0.25, 0.3) is 21.3 Å². The fourth-order valence-corrected chi connectivity index (χ4v) is 5.93. The van der Waals surface area contributed by atoms with Gasteiger partial charge in [-0.1, -0.05) is 29.8 Å². The fourth-order valence-electron chi connectivity index (χ4n) is 3.97. The number of pyridine rings is 1. The lowest BCUT2D eigenvalue weighted by molar-refractivity contribution is 0.100. The lowest BCUT2D eigenvalue weighted by atomic mass is 10.0. The number of amides is 2. The third-order valence-corrected chi connectivity index (χ3v) is 7.59. The molecule has 0 bridgehead atoms. The van der Waals surface area contributed by atoms with Crippen molar-refractivity contribution in [3.05, 3.63) is 63.0 Å². The topological polar surface area (TPSA) is 111 Å². The maximum absolute atomic E-state index is 13.1. The second-order valence-corrected chi connectivity index (χ2v) is 9.56. The van der Waals surface area contributed by atoms with Crippen LogP contribution in [0, 0.1) is 6.92 Å². The Morgan fingerprint density at radius 3 is 2.68 bits per heavy atom. The Bertz CT molecular complexity index is 1350. The van der Waals surface area contributed by atoms with Crippen molar-refractivity contribution in [1.29, 1.82) is 0 Å². The Hall–Kier alpha value is -3.23. The van der Waals surface area contributed by atoms with Crippen LogP contribution in [0.4, 0.5) is 10.7 Å². The number of nitrogens with zero attached hydrogens (tertiary/aromatic N) is 1. The van der Waals surface area contributed by atoms with Crippen LogP contribution in [0.5, 0.6) is 0 Å². The van der Waals surface area contributed by atoms with Crippen LogP contribution in [0.3, 0.4) is 0 Å². The highest BCUT2D eigenvalue weighted by Gasteiger charge is 2.24. The van der Waals surface area contributed by atoms with Gasteiger partial charge in [-0.2, -0.15) is 0 Å². The molecule has 4 aromatic rings. The molecule has 5 N–H and O–H groups in total. The molecule has 3 heterocycles. The molecule has 8 heteroatoms. The Balaban J connectivity index is 1.50. The van der Waals surface area contributed by atoms with Crippen molar-refractivity contribution in [2.24, 2.45) is 5.73 Å². The number of hydrogen-bond acceptors (Lipinski definition) is 6. The smallest absolute Gasteiger partial charge is 0.268 e. The molecular formula is C23H20N4O2S2. The minimum absolute atomic E-state index is 0.305. The van der Waals surface area contributed by atoms with Crippen LogP contribution in [-0.2, 0) is 12.8 Å². The molecule has 1 aliphatic carbocycles. The highest BCUT2D eigenvalue weighted by molar-refractivity contribution is 7.21. The largest absolute Gasteiger partial charge is 0.397 e. The standard InChI is InChI=1S/C23H20N4O2S2/c1-11-5-7-12(8-6-11)15-10-30-23(17(15)20(25)28)27-21(29)19-18(24)14-9-13-3-2-4-16(13)26-22(14)31-19/h5-10H,2-4,24H2,1H3,(H2,25,28)(H,27,29). The monoisotopic (exact) mass is 448 g/mol. The molecule has 0 aliphatic heterocycles. The highest BCUT2D eigenvalue weighted by Crippen LogP contribution is 2.39. The van der Waals surface area contributed by atoms with Gasteiger partial charge in [-0.3, -0.25) is 9.59 Å².